The van der Waals surface area contributed by atoms with Crippen LogP contribution in [0.5, 0.6) is 5.75 Å². The number of benzene rings is 1. The van der Waals surface area contributed by atoms with Gasteiger partial charge < -0.3 is 19.6 Å². The van der Waals surface area contributed by atoms with Crippen molar-refractivity contribution < 1.29 is 29.0 Å². The fourth-order valence-corrected chi connectivity index (χ4v) is 1.44. The Balaban J connectivity index is 2.86. The third-order valence-corrected chi connectivity index (χ3v) is 2.44. The summed E-state index contributed by atoms with van der Waals surface area (Å²) in [6.07, 6.45) is 0. The Kier molecular flexibility index (Phi) is 3.47. The maximum atomic E-state index is 10.8. The monoisotopic (exact) mass is 232 g/mol. The van der Waals surface area contributed by atoms with Crippen LogP contribution in [0.3, 0.4) is 0 Å². The Labute approximate surface area is 85.3 Å². The van der Waals surface area contributed by atoms with Crippen LogP contribution < -0.4 is 4.74 Å². The predicted octanol–water partition coefficient (Wildman–Crippen LogP) is 0.654. The molecular weight excluding hydrogens is 223 g/mol. The van der Waals surface area contributed by atoms with E-state index < -0.39 is 19.4 Å². The number of carbonyl (C=O) groups is 1. The molecule has 0 amide bonds. The minimum absolute atomic E-state index is 0.0909. The molecule has 0 aromatic heterocycles. The van der Waals surface area contributed by atoms with Crippen LogP contribution in [0.15, 0.2) is 30.3 Å². The van der Waals surface area contributed by atoms with Crippen LogP contribution >= 0.6 is 7.60 Å². The van der Waals surface area contributed by atoms with Gasteiger partial charge in [-0.25, -0.2) is 4.79 Å². The minimum Gasteiger partial charge on any atom is -0.478 e. The number of ether oxygens (including phenoxy) is 1. The Morgan fingerprint density at radius 1 is 1.27 bits per heavy atom. The van der Waals surface area contributed by atoms with Crippen LogP contribution in [0.25, 0.3) is 0 Å². The molecule has 0 radical (unpaired) electrons. The van der Waals surface area contributed by atoms with E-state index in [0.29, 0.717) is 0 Å². The summed E-state index contributed by atoms with van der Waals surface area (Å²) in [6.45, 7) is 0. The summed E-state index contributed by atoms with van der Waals surface area (Å²) in [6, 6.07) is 7.61. The van der Waals surface area contributed by atoms with Gasteiger partial charge in [-0.3, -0.25) is 4.57 Å². The van der Waals surface area contributed by atoms with Crippen molar-refractivity contribution in [1.29, 1.82) is 0 Å². The van der Waals surface area contributed by atoms with Crippen molar-refractivity contribution in [3.63, 3.8) is 0 Å². The molecule has 0 heterocycles. The molecule has 0 aliphatic heterocycles. The molecule has 0 aliphatic rings. The maximum Gasteiger partial charge on any atom is 0.377 e. The summed E-state index contributed by atoms with van der Waals surface area (Å²) < 4.78 is 15.4. The lowest BCUT2D eigenvalue weighted by molar-refractivity contribution is -0.141. The molecule has 0 saturated heterocycles. The summed E-state index contributed by atoms with van der Waals surface area (Å²) in [5.41, 5.74) is 0. The van der Waals surface area contributed by atoms with Crippen molar-refractivity contribution in [3.05, 3.63) is 30.3 Å². The van der Waals surface area contributed by atoms with E-state index in [4.69, 9.17) is 14.9 Å². The van der Waals surface area contributed by atoms with Crippen molar-refractivity contribution in [2.45, 2.75) is 5.85 Å². The minimum atomic E-state index is -4.82. The first-order valence-electron chi connectivity index (χ1n) is 3.91. The lowest BCUT2D eigenvalue weighted by Gasteiger charge is -2.15. The first-order chi connectivity index (χ1) is 6.91. The quantitative estimate of drug-likeness (QED) is 0.658. The van der Waals surface area contributed by atoms with Crippen LogP contribution in [0.4, 0.5) is 0 Å². The molecule has 1 aromatic carbocycles. The predicted molar refractivity (Wildman–Crippen MR) is 50.5 cm³/mol. The van der Waals surface area contributed by atoms with Crippen molar-refractivity contribution >= 4 is 13.6 Å². The van der Waals surface area contributed by atoms with Gasteiger partial charge in [0.2, 0.25) is 0 Å². The Hall–Kier alpha value is -1.36. The molecule has 3 N–H and O–H groups in total. The number of carboxylic acids is 1. The fourth-order valence-electron chi connectivity index (χ4n) is 0.891. The van der Waals surface area contributed by atoms with E-state index in [1.54, 1.807) is 18.2 Å². The Bertz CT molecular complexity index is 383. The molecule has 82 valence electrons. The van der Waals surface area contributed by atoms with Crippen molar-refractivity contribution in [1.82, 2.24) is 0 Å². The number of hydrogen-bond acceptors (Lipinski definition) is 3. The summed E-state index contributed by atoms with van der Waals surface area (Å²) in [5.74, 6) is -3.78. The first-order valence-corrected chi connectivity index (χ1v) is 5.59. The zero-order valence-corrected chi connectivity index (χ0v) is 8.37. The highest BCUT2D eigenvalue weighted by atomic mass is 31.2. The summed E-state index contributed by atoms with van der Waals surface area (Å²) in [5, 5.41) is 8.55. The molecule has 1 rings (SSSR count). The van der Waals surface area contributed by atoms with Crippen LogP contribution in [-0.2, 0) is 9.36 Å². The van der Waals surface area contributed by atoms with Crippen LogP contribution in [-0.4, -0.2) is 26.7 Å². The molecule has 0 spiro atoms. The van der Waals surface area contributed by atoms with E-state index in [2.05, 4.69) is 4.74 Å². The van der Waals surface area contributed by atoms with Crippen molar-refractivity contribution in [2.24, 2.45) is 0 Å². The standard InChI is InChI=1S/C8H9O6P/c9-7(10)8(15(11,12)13)14-6-4-2-1-3-5-6/h1-5,8H,(H,9,10)(H2,11,12,13). The van der Waals surface area contributed by atoms with Gasteiger partial charge in [-0.05, 0) is 12.1 Å². The number of carboxylic acid groups (broad SMARTS) is 1. The second-order valence-electron chi connectivity index (χ2n) is 2.71. The maximum absolute atomic E-state index is 10.8. The molecule has 1 aromatic rings. The Morgan fingerprint density at radius 3 is 2.20 bits per heavy atom. The third kappa shape index (κ3) is 3.36. The lowest BCUT2D eigenvalue weighted by Crippen LogP contribution is -2.26. The van der Waals surface area contributed by atoms with E-state index in [9.17, 15) is 9.36 Å². The normalized spacial score (nSPS) is 13.2. The summed E-state index contributed by atoms with van der Waals surface area (Å²) in [4.78, 5) is 28.0. The van der Waals surface area contributed by atoms with Gasteiger partial charge in [0.15, 0.2) is 0 Å². The van der Waals surface area contributed by atoms with Crippen molar-refractivity contribution in [2.75, 3.05) is 0 Å². The molecule has 0 fully saturated rings. The first kappa shape index (κ1) is 11.7. The van der Waals surface area contributed by atoms with E-state index in [-0.39, 0.29) is 5.75 Å². The number of hydrogen-bond donors (Lipinski definition) is 3. The highest BCUT2D eigenvalue weighted by Gasteiger charge is 2.38. The van der Waals surface area contributed by atoms with Crippen molar-refractivity contribution in [3.8, 4) is 5.75 Å². The van der Waals surface area contributed by atoms with E-state index in [1.807, 2.05) is 0 Å². The van der Waals surface area contributed by atoms with Gasteiger partial charge in [-0.2, -0.15) is 0 Å². The molecule has 1 unspecified atom stereocenters. The number of aliphatic carboxylic acids is 1. The Morgan fingerprint density at radius 2 is 1.80 bits per heavy atom. The average molecular weight is 232 g/mol. The number of para-hydroxylation sites is 1. The SMILES string of the molecule is O=C(O)C(Oc1ccccc1)P(=O)(O)O. The number of rotatable bonds is 4. The highest BCUT2D eigenvalue weighted by Crippen LogP contribution is 2.42. The van der Waals surface area contributed by atoms with Gasteiger partial charge in [0.05, 0.1) is 0 Å². The van der Waals surface area contributed by atoms with Crippen LogP contribution in [0, 0.1) is 0 Å². The largest absolute Gasteiger partial charge is 0.478 e. The lowest BCUT2D eigenvalue weighted by atomic mass is 10.3. The molecule has 0 aliphatic carbocycles. The molecule has 1 atom stereocenters. The molecule has 0 saturated carbocycles. The van der Waals surface area contributed by atoms with Crippen LogP contribution in [0.1, 0.15) is 0 Å². The second kappa shape index (κ2) is 4.44. The molecule has 7 heteroatoms. The van der Waals surface area contributed by atoms with Crippen LogP contribution in [0.2, 0.25) is 0 Å². The zero-order valence-electron chi connectivity index (χ0n) is 7.48. The topological polar surface area (TPSA) is 104 Å². The summed E-state index contributed by atoms with van der Waals surface area (Å²) in [7, 11) is -4.82. The molecule has 6 nitrogen and oxygen atoms in total. The smallest absolute Gasteiger partial charge is 0.377 e. The van der Waals surface area contributed by atoms with Gasteiger partial charge in [0, 0.05) is 0 Å². The third-order valence-electron chi connectivity index (χ3n) is 1.51. The molecule has 0 bridgehead atoms. The fraction of sp³-hybridized carbons (Fsp3) is 0.125. The van der Waals surface area contributed by atoms with E-state index >= 15 is 0 Å². The van der Waals surface area contributed by atoms with Gasteiger partial charge in [-0.1, -0.05) is 18.2 Å². The van der Waals surface area contributed by atoms with Gasteiger partial charge in [0.1, 0.15) is 5.75 Å². The van der Waals surface area contributed by atoms with E-state index in [0.717, 1.165) is 0 Å². The van der Waals surface area contributed by atoms with Gasteiger partial charge in [0.25, 0.3) is 5.85 Å². The zero-order chi connectivity index (χ0) is 11.5. The summed E-state index contributed by atoms with van der Waals surface area (Å²) >= 11 is 0. The average Bonchev–Trinajstić information content (AvgIpc) is 2.13. The molecule has 15 heavy (non-hydrogen) atoms. The second-order valence-corrected chi connectivity index (χ2v) is 4.36. The molecular formula is C8H9O6P. The van der Waals surface area contributed by atoms with Gasteiger partial charge in [-0.15, -0.1) is 0 Å². The van der Waals surface area contributed by atoms with Gasteiger partial charge >= 0.3 is 13.6 Å². The highest BCUT2D eigenvalue weighted by molar-refractivity contribution is 7.53. The van der Waals surface area contributed by atoms with E-state index in [1.165, 1.54) is 12.1 Å².